The molecule has 0 bridgehead atoms. The van der Waals surface area contributed by atoms with Crippen LogP contribution in [0.5, 0.6) is 5.75 Å². The van der Waals surface area contributed by atoms with Crippen molar-refractivity contribution in [1.29, 1.82) is 0 Å². The maximum Gasteiger partial charge on any atom is 0.139 e. The Kier molecular flexibility index (Phi) is 7.58. The minimum absolute atomic E-state index is 0. The van der Waals surface area contributed by atoms with Crippen LogP contribution in [0, 0.1) is 5.92 Å². The van der Waals surface area contributed by atoms with E-state index in [0.717, 1.165) is 36.2 Å². The van der Waals surface area contributed by atoms with Crippen LogP contribution in [0.1, 0.15) is 24.4 Å². The lowest BCUT2D eigenvalue weighted by Gasteiger charge is -2.36. The van der Waals surface area contributed by atoms with Crippen LogP contribution in [-0.2, 0) is 0 Å². The summed E-state index contributed by atoms with van der Waals surface area (Å²) < 4.78 is 0.936. The predicted octanol–water partition coefficient (Wildman–Crippen LogP) is 4.01. The number of aromatic hydroxyl groups is 1. The molecule has 1 heterocycles. The third-order valence-corrected chi connectivity index (χ3v) is 4.74. The van der Waals surface area contributed by atoms with E-state index in [1.165, 1.54) is 12.8 Å². The summed E-state index contributed by atoms with van der Waals surface area (Å²) in [5.74, 6) is 0.912. The molecule has 0 aromatic heterocycles. The van der Waals surface area contributed by atoms with E-state index >= 15 is 0 Å². The number of benzene rings is 1. The molecule has 1 saturated carbocycles. The summed E-state index contributed by atoms with van der Waals surface area (Å²) in [5.41, 5.74) is 0.976. The fourth-order valence-corrected chi connectivity index (χ4v) is 3.77. The second-order valence-electron chi connectivity index (χ2n) is 5.39. The van der Waals surface area contributed by atoms with E-state index < -0.39 is 0 Å². The first-order valence-electron chi connectivity index (χ1n) is 6.79. The molecule has 2 fully saturated rings. The SMILES string of the molecule is Cl.Cl.Oc1c(Cl)cc(Br)cc1[C@@H](C1CC1)N1CCNCC1. The molecule has 2 N–H and O–H groups in total. The van der Waals surface area contributed by atoms with Crippen molar-refractivity contribution in [3.05, 3.63) is 27.2 Å². The molecule has 21 heavy (non-hydrogen) atoms. The summed E-state index contributed by atoms with van der Waals surface area (Å²) >= 11 is 9.60. The van der Waals surface area contributed by atoms with Gasteiger partial charge >= 0.3 is 0 Å². The molecule has 1 aliphatic heterocycles. The van der Waals surface area contributed by atoms with Gasteiger partial charge < -0.3 is 10.4 Å². The third-order valence-electron chi connectivity index (χ3n) is 3.99. The predicted molar refractivity (Wildman–Crippen MR) is 95.2 cm³/mol. The van der Waals surface area contributed by atoms with Gasteiger partial charge in [0.25, 0.3) is 0 Å². The highest BCUT2D eigenvalue weighted by molar-refractivity contribution is 9.10. The van der Waals surface area contributed by atoms with Gasteiger partial charge in [-0.1, -0.05) is 27.5 Å². The molecule has 2 aliphatic rings. The average molecular weight is 419 g/mol. The number of piperazine rings is 1. The van der Waals surface area contributed by atoms with E-state index in [2.05, 4.69) is 26.1 Å². The Balaban J connectivity index is 0.00000110. The number of nitrogens with one attached hydrogen (secondary N) is 1. The quantitative estimate of drug-likeness (QED) is 0.779. The van der Waals surface area contributed by atoms with Gasteiger partial charge in [0, 0.05) is 42.3 Å². The van der Waals surface area contributed by atoms with Crippen molar-refractivity contribution in [2.24, 2.45) is 5.92 Å². The minimum Gasteiger partial charge on any atom is -0.506 e. The number of rotatable bonds is 3. The lowest BCUT2D eigenvalue weighted by molar-refractivity contribution is 0.153. The van der Waals surface area contributed by atoms with Crippen molar-refractivity contribution in [3.8, 4) is 5.75 Å². The molecule has 0 unspecified atom stereocenters. The van der Waals surface area contributed by atoms with Gasteiger partial charge in [0.2, 0.25) is 0 Å². The largest absolute Gasteiger partial charge is 0.506 e. The van der Waals surface area contributed by atoms with Crippen molar-refractivity contribution in [3.63, 3.8) is 0 Å². The molecule has 7 heteroatoms. The fourth-order valence-electron chi connectivity index (χ4n) is 2.93. The molecule has 0 amide bonds. The number of phenols is 1. The summed E-state index contributed by atoms with van der Waals surface area (Å²) in [4.78, 5) is 2.48. The van der Waals surface area contributed by atoms with E-state index in [9.17, 15) is 5.11 Å². The lowest BCUT2D eigenvalue weighted by Crippen LogP contribution is -2.45. The van der Waals surface area contributed by atoms with E-state index in [1.54, 1.807) is 6.07 Å². The summed E-state index contributed by atoms with van der Waals surface area (Å²) in [6.45, 7) is 4.10. The zero-order valence-corrected chi connectivity index (χ0v) is 15.5. The maximum atomic E-state index is 10.3. The minimum atomic E-state index is 0. The molecule has 1 atom stereocenters. The normalized spacial score (nSPS) is 20.3. The molecular weight excluding hydrogens is 398 g/mol. The Morgan fingerprint density at radius 1 is 1.24 bits per heavy atom. The van der Waals surface area contributed by atoms with Crippen LogP contribution >= 0.6 is 52.3 Å². The van der Waals surface area contributed by atoms with Crippen LogP contribution in [0.3, 0.4) is 0 Å². The topological polar surface area (TPSA) is 35.5 Å². The Labute approximate surface area is 151 Å². The molecular formula is C14H20BrCl3N2O. The Morgan fingerprint density at radius 3 is 2.43 bits per heavy atom. The molecule has 3 rings (SSSR count). The van der Waals surface area contributed by atoms with Gasteiger partial charge in [0.05, 0.1) is 5.02 Å². The summed E-state index contributed by atoms with van der Waals surface area (Å²) in [6, 6.07) is 4.08. The average Bonchev–Trinajstić information content (AvgIpc) is 3.21. The van der Waals surface area contributed by atoms with Gasteiger partial charge in [-0.15, -0.1) is 24.8 Å². The number of nitrogens with zero attached hydrogens (tertiary/aromatic N) is 1. The van der Waals surface area contributed by atoms with Crippen LogP contribution in [0.4, 0.5) is 0 Å². The van der Waals surface area contributed by atoms with Gasteiger partial charge in [-0.05, 0) is 30.9 Å². The second kappa shape index (κ2) is 8.23. The third kappa shape index (κ3) is 4.40. The van der Waals surface area contributed by atoms with Crippen LogP contribution < -0.4 is 5.32 Å². The van der Waals surface area contributed by atoms with Crippen molar-refractivity contribution < 1.29 is 5.11 Å². The zero-order valence-electron chi connectivity index (χ0n) is 11.5. The van der Waals surface area contributed by atoms with Crippen molar-refractivity contribution in [2.45, 2.75) is 18.9 Å². The smallest absolute Gasteiger partial charge is 0.139 e. The van der Waals surface area contributed by atoms with Gasteiger partial charge in [-0.2, -0.15) is 0 Å². The Hall–Kier alpha value is 0.290. The Bertz CT molecular complexity index is 480. The van der Waals surface area contributed by atoms with Crippen molar-refractivity contribution >= 4 is 52.3 Å². The molecule has 0 radical (unpaired) electrons. The highest BCUT2D eigenvalue weighted by Gasteiger charge is 2.38. The van der Waals surface area contributed by atoms with Crippen molar-refractivity contribution in [1.82, 2.24) is 10.2 Å². The van der Waals surface area contributed by atoms with E-state index in [1.807, 2.05) is 6.07 Å². The van der Waals surface area contributed by atoms with Crippen LogP contribution in [0.2, 0.25) is 5.02 Å². The number of phenolic OH excluding ortho intramolecular Hbond substituents is 1. The number of hydrogen-bond acceptors (Lipinski definition) is 3. The number of halogens is 4. The van der Waals surface area contributed by atoms with Crippen LogP contribution in [0.25, 0.3) is 0 Å². The molecule has 0 spiro atoms. The molecule has 1 saturated heterocycles. The summed E-state index contributed by atoms with van der Waals surface area (Å²) in [5, 5.41) is 14.1. The van der Waals surface area contributed by atoms with Crippen LogP contribution in [0.15, 0.2) is 16.6 Å². The molecule has 1 aromatic carbocycles. The first kappa shape index (κ1) is 19.3. The van der Waals surface area contributed by atoms with Crippen LogP contribution in [-0.4, -0.2) is 36.2 Å². The van der Waals surface area contributed by atoms with Gasteiger partial charge in [-0.3, -0.25) is 4.90 Å². The molecule has 120 valence electrons. The van der Waals surface area contributed by atoms with Gasteiger partial charge in [-0.25, -0.2) is 0 Å². The zero-order chi connectivity index (χ0) is 13.4. The standard InChI is InChI=1S/C14H18BrClN2O.2ClH/c15-10-7-11(14(19)12(16)8-10)13(9-1-2-9)18-5-3-17-4-6-18;;/h7-9,13,17,19H,1-6H2;2*1H/t13-;;/m1../s1. The first-order chi connectivity index (χ1) is 9.16. The maximum absolute atomic E-state index is 10.3. The molecule has 1 aliphatic carbocycles. The summed E-state index contributed by atoms with van der Waals surface area (Å²) in [6.07, 6.45) is 2.50. The van der Waals surface area contributed by atoms with Gasteiger partial charge in [0.1, 0.15) is 5.75 Å². The fraction of sp³-hybridized carbons (Fsp3) is 0.571. The first-order valence-corrected chi connectivity index (χ1v) is 7.96. The van der Waals surface area contributed by atoms with Gasteiger partial charge in [0.15, 0.2) is 0 Å². The Morgan fingerprint density at radius 2 is 1.86 bits per heavy atom. The molecule has 3 nitrogen and oxygen atoms in total. The van der Waals surface area contributed by atoms with E-state index in [0.29, 0.717) is 17.0 Å². The highest BCUT2D eigenvalue weighted by Crippen LogP contribution is 2.48. The van der Waals surface area contributed by atoms with Crippen molar-refractivity contribution in [2.75, 3.05) is 26.2 Å². The monoisotopic (exact) mass is 416 g/mol. The van der Waals surface area contributed by atoms with E-state index in [4.69, 9.17) is 11.6 Å². The highest BCUT2D eigenvalue weighted by atomic mass is 79.9. The number of hydrogen-bond donors (Lipinski definition) is 2. The molecule has 1 aromatic rings. The lowest BCUT2D eigenvalue weighted by atomic mass is 9.98. The second-order valence-corrected chi connectivity index (χ2v) is 6.72. The van der Waals surface area contributed by atoms with E-state index in [-0.39, 0.29) is 30.6 Å². The summed E-state index contributed by atoms with van der Waals surface area (Å²) in [7, 11) is 0.